The Bertz CT molecular complexity index is 959. The predicted octanol–water partition coefficient (Wildman–Crippen LogP) is 2.73. The van der Waals surface area contributed by atoms with Gasteiger partial charge in [0.15, 0.2) is 6.61 Å². The molecule has 0 bridgehead atoms. The molecule has 0 spiro atoms. The Morgan fingerprint density at radius 1 is 0.909 bits per heavy atom. The third-order valence-corrected chi connectivity index (χ3v) is 5.39. The minimum Gasteiger partial charge on any atom is -0.484 e. The lowest BCUT2D eigenvalue weighted by molar-refractivity contribution is -0.123. The molecule has 0 radical (unpaired) electrons. The van der Waals surface area contributed by atoms with Gasteiger partial charge in [-0.3, -0.25) is 14.4 Å². The third kappa shape index (κ3) is 8.25. The SMILES string of the molecule is CC(C)(C)c1ccc(C(=O)NCC(=O)NCCc2ccc(OCC(=O)NC3CC3)cc2)cc1. The monoisotopic (exact) mass is 451 g/mol. The fourth-order valence-electron chi connectivity index (χ4n) is 3.19. The standard InChI is InChI=1S/C26H33N3O4/c1-26(2,3)20-8-6-19(7-9-20)25(32)28-16-23(30)27-15-14-18-4-12-22(13-5-18)33-17-24(31)29-21-10-11-21/h4-9,12-13,21H,10-11,14-17H2,1-3H3,(H,27,30)(H,28,32)(H,29,31). The Balaban J connectivity index is 1.32. The van der Waals surface area contributed by atoms with E-state index in [0.29, 0.717) is 30.3 Å². The molecule has 1 fully saturated rings. The van der Waals surface area contributed by atoms with Crippen molar-refractivity contribution in [2.24, 2.45) is 0 Å². The lowest BCUT2D eigenvalue weighted by atomic mass is 9.87. The first-order valence-corrected chi connectivity index (χ1v) is 11.4. The summed E-state index contributed by atoms with van der Waals surface area (Å²) >= 11 is 0. The number of carbonyl (C=O) groups excluding carboxylic acids is 3. The Kier molecular flexibility index (Phi) is 8.09. The van der Waals surface area contributed by atoms with Gasteiger partial charge in [0.2, 0.25) is 5.91 Å². The van der Waals surface area contributed by atoms with Crippen molar-refractivity contribution in [2.45, 2.75) is 51.5 Å². The van der Waals surface area contributed by atoms with Crippen LogP contribution < -0.4 is 20.7 Å². The summed E-state index contributed by atoms with van der Waals surface area (Å²) in [6.45, 7) is 6.74. The number of nitrogens with one attached hydrogen (secondary N) is 3. The summed E-state index contributed by atoms with van der Waals surface area (Å²) in [5.41, 5.74) is 2.74. The lowest BCUT2D eigenvalue weighted by Gasteiger charge is -2.19. The zero-order valence-corrected chi connectivity index (χ0v) is 19.6. The van der Waals surface area contributed by atoms with Crippen LogP contribution in [0.2, 0.25) is 0 Å². The van der Waals surface area contributed by atoms with Crippen LogP contribution in [0.3, 0.4) is 0 Å². The van der Waals surface area contributed by atoms with Crippen molar-refractivity contribution < 1.29 is 19.1 Å². The van der Waals surface area contributed by atoms with Crippen LogP contribution in [-0.2, 0) is 21.4 Å². The van der Waals surface area contributed by atoms with Crippen LogP contribution >= 0.6 is 0 Å². The first-order chi connectivity index (χ1) is 15.7. The highest BCUT2D eigenvalue weighted by atomic mass is 16.5. The number of amides is 3. The molecule has 0 unspecified atom stereocenters. The first-order valence-electron chi connectivity index (χ1n) is 11.4. The Morgan fingerprint density at radius 3 is 2.18 bits per heavy atom. The molecule has 7 nitrogen and oxygen atoms in total. The van der Waals surface area contributed by atoms with E-state index < -0.39 is 0 Å². The van der Waals surface area contributed by atoms with Gasteiger partial charge in [0.25, 0.3) is 11.8 Å². The van der Waals surface area contributed by atoms with Gasteiger partial charge in [0, 0.05) is 18.2 Å². The van der Waals surface area contributed by atoms with Gasteiger partial charge in [0.05, 0.1) is 6.54 Å². The molecule has 176 valence electrons. The quantitative estimate of drug-likeness (QED) is 0.518. The molecule has 3 amide bonds. The van der Waals surface area contributed by atoms with E-state index in [1.165, 1.54) is 0 Å². The molecular weight excluding hydrogens is 418 g/mol. The summed E-state index contributed by atoms with van der Waals surface area (Å²) in [6, 6.07) is 15.2. The molecule has 0 aliphatic heterocycles. The Hall–Kier alpha value is -3.35. The molecule has 0 aromatic heterocycles. The number of rotatable bonds is 10. The van der Waals surface area contributed by atoms with Crippen LogP contribution in [0.15, 0.2) is 48.5 Å². The first kappa shape index (κ1) is 24.3. The molecule has 1 aliphatic carbocycles. The van der Waals surface area contributed by atoms with Gasteiger partial charge in [-0.05, 0) is 60.1 Å². The summed E-state index contributed by atoms with van der Waals surface area (Å²) in [5, 5.41) is 8.34. The van der Waals surface area contributed by atoms with Crippen LogP contribution in [0.5, 0.6) is 5.75 Å². The van der Waals surface area contributed by atoms with Crippen LogP contribution in [0.25, 0.3) is 0 Å². The highest BCUT2D eigenvalue weighted by Crippen LogP contribution is 2.22. The fraction of sp³-hybridized carbons (Fsp3) is 0.423. The van der Waals surface area contributed by atoms with Crippen molar-refractivity contribution in [3.8, 4) is 5.75 Å². The second-order valence-corrected chi connectivity index (χ2v) is 9.38. The van der Waals surface area contributed by atoms with Crippen molar-refractivity contribution in [3.05, 3.63) is 65.2 Å². The molecule has 3 N–H and O–H groups in total. The number of carbonyl (C=O) groups is 3. The molecule has 33 heavy (non-hydrogen) atoms. The highest BCUT2D eigenvalue weighted by molar-refractivity contribution is 5.96. The summed E-state index contributed by atoms with van der Waals surface area (Å²) in [7, 11) is 0. The number of benzene rings is 2. The van der Waals surface area contributed by atoms with Gasteiger partial charge < -0.3 is 20.7 Å². The predicted molar refractivity (Wildman–Crippen MR) is 127 cm³/mol. The number of hydrogen-bond donors (Lipinski definition) is 3. The maximum absolute atomic E-state index is 12.3. The Labute approximate surface area is 195 Å². The highest BCUT2D eigenvalue weighted by Gasteiger charge is 2.23. The summed E-state index contributed by atoms with van der Waals surface area (Å²) in [4.78, 5) is 36.0. The zero-order chi connectivity index (χ0) is 23.8. The molecule has 2 aromatic carbocycles. The molecule has 2 aromatic rings. The average molecular weight is 452 g/mol. The summed E-state index contributed by atoms with van der Waals surface area (Å²) in [5.74, 6) is 0.0218. The van der Waals surface area contributed by atoms with Gasteiger partial charge in [-0.1, -0.05) is 45.0 Å². The normalized spacial score (nSPS) is 13.2. The maximum Gasteiger partial charge on any atom is 0.258 e. The van der Waals surface area contributed by atoms with E-state index in [-0.39, 0.29) is 36.3 Å². The smallest absolute Gasteiger partial charge is 0.258 e. The molecular formula is C26H33N3O4. The van der Waals surface area contributed by atoms with Crippen molar-refractivity contribution in [2.75, 3.05) is 19.7 Å². The van der Waals surface area contributed by atoms with E-state index in [4.69, 9.17) is 4.74 Å². The molecule has 0 heterocycles. The van der Waals surface area contributed by atoms with E-state index in [1.807, 2.05) is 36.4 Å². The van der Waals surface area contributed by atoms with E-state index in [2.05, 4.69) is 36.7 Å². The summed E-state index contributed by atoms with van der Waals surface area (Å²) in [6.07, 6.45) is 2.75. The van der Waals surface area contributed by atoms with Crippen LogP contribution in [0.1, 0.15) is 55.1 Å². The molecule has 3 rings (SSSR count). The molecule has 1 saturated carbocycles. The van der Waals surface area contributed by atoms with Gasteiger partial charge in [-0.2, -0.15) is 0 Å². The molecule has 0 saturated heterocycles. The van der Waals surface area contributed by atoms with Crippen molar-refractivity contribution in [1.29, 1.82) is 0 Å². The van der Waals surface area contributed by atoms with E-state index in [9.17, 15) is 14.4 Å². The summed E-state index contributed by atoms with van der Waals surface area (Å²) < 4.78 is 5.49. The average Bonchev–Trinajstić information content (AvgIpc) is 3.60. The second kappa shape index (κ2) is 11.0. The third-order valence-electron chi connectivity index (χ3n) is 5.39. The Morgan fingerprint density at radius 2 is 1.58 bits per heavy atom. The maximum atomic E-state index is 12.3. The minimum atomic E-state index is -0.271. The van der Waals surface area contributed by atoms with Gasteiger partial charge >= 0.3 is 0 Å². The molecule has 7 heteroatoms. The van der Waals surface area contributed by atoms with Crippen molar-refractivity contribution >= 4 is 17.7 Å². The van der Waals surface area contributed by atoms with Crippen LogP contribution in [0.4, 0.5) is 0 Å². The van der Waals surface area contributed by atoms with Gasteiger partial charge in [-0.15, -0.1) is 0 Å². The number of hydrogen-bond acceptors (Lipinski definition) is 4. The van der Waals surface area contributed by atoms with Crippen molar-refractivity contribution in [3.63, 3.8) is 0 Å². The van der Waals surface area contributed by atoms with Gasteiger partial charge in [0.1, 0.15) is 5.75 Å². The molecule has 1 aliphatic rings. The largest absolute Gasteiger partial charge is 0.484 e. The van der Waals surface area contributed by atoms with E-state index in [1.54, 1.807) is 12.1 Å². The zero-order valence-electron chi connectivity index (χ0n) is 19.6. The number of ether oxygens (including phenoxy) is 1. The fourth-order valence-corrected chi connectivity index (χ4v) is 3.19. The van der Waals surface area contributed by atoms with E-state index >= 15 is 0 Å². The topological polar surface area (TPSA) is 96.5 Å². The second-order valence-electron chi connectivity index (χ2n) is 9.38. The molecule has 0 atom stereocenters. The van der Waals surface area contributed by atoms with Crippen LogP contribution in [-0.4, -0.2) is 43.5 Å². The van der Waals surface area contributed by atoms with Crippen molar-refractivity contribution in [1.82, 2.24) is 16.0 Å². The van der Waals surface area contributed by atoms with Crippen LogP contribution in [0, 0.1) is 0 Å². The lowest BCUT2D eigenvalue weighted by Crippen LogP contribution is -2.37. The van der Waals surface area contributed by atoms with E-state index in [0.717, 1.165) is 24.0 Å². The minimum absolute atomic E-state index is 0.0123. The van der Waals surface area contributed by atoms with Gasteiger partial charge in [-0.25, -0.2) is 0 Å².